The maximum absolute atomic E-state index is 12.7. The van der Waals surface area contributed by atoms with Crippen molar-refractivity contribution in [3.8, 4) is 10.6 Å². The predicted molar refractivity (Wildman–Crippen MR) is 104 cm³/mol. The second-order valence-corrected chi connectivity index (χ2v) is 7.86. The summed E-state index contributed by atoms with van der Waals surface area (Å²) in [4.78, 5) is 38.4. The van der Waals surface area contributed by atoms with E-state index in [1.807, 2.05) is 12.3 Å². The highest BCUT2D eigenvalue weighted by Crippen LogP contribution is 2.40. The molecule has 4 heterocycles. The molecule has 10 nitrogen and oxygen atoms in total. The standard InChI is InChI=1S/C17H16N4O2S.C2H2O4/c22-17(12-8-14(23-19-12)11-3-4-11)20-5-6-21-13(9-18-16(21)10-20)15-2-1-7-24-15;3-1(4)2(5)6/h1-2,7-9,11H,3-6,10H2;(H,3,4)(H,5,6). The van der Waals surface area contributed by atoms with Gasteiger partial charge in [0, 0.05) is 25.1 Å². The fraction of sp³-hybridized carbons (Fsp3) is 0.316. The van der Waals surface area contributed by atoms with Gasteiger partial charge in [-0.1, -0.05) is 11.2 Å². The Bertz CT molecular complexity index is 1070. The SMILES string of the molecule is O=C(O)C(=O)O.O=C(c1cc(C2CC2)on1)N1CCn2c(-c3cccs3)cnc2C1. The van der Waals surface area contributed by atoms with Crippen molar-refractivity contribution in [1.82, 2.24) is 19.6 Å². The Kier molecular flexibility index (Phi) is 5.36. The van der Waals surface area contributed by atoms with Crippen molar-refractivity contribution < 1.29 is 29.1 Å². The number of carboxylic acids is 2. The van der Waals surface area contributed by atoms with E-state index in [1.54, 1.807) is 22.3 Å². The smallest absolute Gasteiger partial charge is 0.414 e. The number of rotatable bonds is 3. The molecule has 0 bridgehead atoms. The number of amides is 1. The Morgan fingerprint density at radius 2 is 1.93 bits per heavy atom. The number of imidazole rings is 1. The molecule has 3 aromatic rings. The van der Waals surface area contributed by atoms with Crippen molar-refractivity contribution in [3.05, 3.63) is 47.1 Å². The molecule has 11 heteroatoms. The molecule has 0 radical (unpaired) electrons. The van der Waals surface area contributed by atoms with Gasteiger partial charge in [-0.15, -0.1) is 11.3 Å². The normalized spacial score (nSPS) is 15.1. The van der Waals surface area contributed by atoms with E-state index in [0.717, 1.165) is 36.7 Å². The first-order valence-corrected chi connectivity index (χ1v) is 10.1. The maximum atomic E-state index is 12.7. The van der Waals surface area contributed by atoms with Gasteiger partial charge in [0.2, 0.25) is 0 Å². The van der Waals surface area contributed by atoms with Crippen LogP contribution in [0.4, 0.5) is 0 Å². The molecule has 2 aliphatic rings. The van der Waals surface area contributed by atoms with E-state index in [4.69, 9.17) is 24.3 Å². The molecule has 0 aromatic carbocycles. The molecule has 1 aliphatic heterocycles. The summed E-state index contributed by atoms with van der Waals surface area (Å²) in [7, 11) is 0. The first kappa shape index (κ1) is 19.8. The molecule has 1 aliphatic carbocycles. The average molecular weight is 430 g/mol. The summed E-state index contributed by atoms with van der Waals surface area (Å²) in [5.41, 5.74) is 1.54. The van der Waals surface area contributed by atoms with Crippen LogP contribution in [0.5, 0.6) is 0 Å². The topological polar surface area (TPSA) is 139 Å². The zero-order valence-corrected chi connectivity index (χ0v) is 16.5. The highest BCUT2D eigenvalue weighted by molar-refractivity contribution is 7.13. The first-order valence-electron chi connectivity index (χ1n) is 9.24. The van der Waals surface area contributed by atoms with Crippen LogP contribution in [-0.2, 0) is 22.7 Å². The maximum Gasteiger partial charge on any atom is 0.414 e. The summed E-state index contributed by atoms with van der Waals surface area (Å²) in [5.74, 6) is -1.49. The molecular weight excluding hydrogens is 412 g/mol. The van der Waals surface area contributed by atoms with E-state index >= 15 is 0 Å². The van der Waals surface area contributed by atoms with Crippen LogP contribution in [0.2, 0.25) is 0 Å². The van der Waals surface area contributed by atoms with Crippen LogP contribution in [-0.4, -0.2) is 54.2 Å². The van der Waals surface area contributed by atoms with Gasteiger partial charge in [-0.2, -0.15) is 0 Å². The Morgan fingerprint density at radius 3 is 2.57 bits per heavy atom. The number of hydrogen-bond acceptors (Lipinski definition) is 7. The number of nitrogens with zero attached hydrogens (tertiary/aromatic N) is 4. The van der Waals surface area contributed by atoms with Gasteiger partial charge in [-0.25, -0.2) is 14.6 Å². The molecule has 0 saturated heterocycles. The monoisotopic (exact) mass is 430 g/mol. The minimum Gasteiger partial charge on any atom is -0.473 e. The number of thiophene rings is 1. The third-order valence-corrected chi connectivity index (χ3v) is 5.73. The van der Waals surface area contributed by atoms with Crippen LogP contribution in [0.25, 0.3) is 10.6 Å². The Labute approximate surface area is 174 Å². The fourth-order valence-electron chi connectivity index (χ4n) is 3.17. The number of carbonyl (C=O) groups excluding carboxylic acids is 1. The number of carboxylic acid groups (broad SMARTS) is 2. The van der Waals surface area contributed by atoms with Crippen LogP contribution in [0.15, 0.2) is 34.3 Å². The summed E-state index contributed by atoms with van der Waals surface area (Å²) >= 11 is 1.70. The van der Waals surface area contributed by atoms with Crippen LogP contribution >= 0.6 is 11.3 Å². The summed E-state index contributed by atoms with van der Waals surface area (Å²) in [6, 6.07) is 5.94. The van der Waals surface area contributed by atoms with Gasteiger partial charge in [0.25, 0.3) is 5.91 Å². The summed E-state index contributed by atoms with van der Waals surface area (Å²) in [5, 5.41) is 20.8. The van der Waals surface area contributed by atoms with E-state index in [2.05, 4.69) is 26.2 Å². The third-order valence-electron chi connectivity index (χ3n) is 4.84. The van der Waals surface area contributed by atoms with E-state index in [9.17, 15) is 4.79 Å². The first-order chi connectivity index (χ1) is 14.4. The fourth-order valence-corrected chi connectivity index (χ4v) is 3.91. The van der Waals surface area contributed by atoms with Crippen LogP contribution in [0.3, 0.4) is 0 Å². The van der Waals surface area contributed by atoms with Crippen molar-refractivity contribution in [1.29, 1.82) is 0 Å². The van der Waals surface area contributed by atoms with Crippen LogP contribution in [0.1, 0.15) is 40.8 Å². The van der Waals surface area contributed by atoms with Gasteiger partial charge in [0.1, 0.15) is 11.6 Å². The van der Waals surface area contributed by atoms with Crippen molar-refractivity contribution in [3.63, 3.8) is 0 Å². The number of aromatic nitrogens is 3. The summed E-state index contributed by atoms with van der Waals surface area (Å²) in [6.07, 6.45) is 4.17. The van der Waals surface area contributed by atoms with Gasteiger partial charge in [0.05, 0.1) is 23.3 Å². The molecule has 2 N–H and O–H groups in total. The minimum atomic E-state index is -1.82. The van der Waals surface area contributed by atoms with Crippen LogP contribution in [0, 0.1) is 0 Å². The van der Waals surface area contributed by atoms with E-state index in [-0.39, 0.29) is 5.91 Å². The summed E-state index contributed by atoms with van der Waals surface area (Å²) < 4.78 is 7.51. The Morgan fingerprint density at radius 1 is 1.17 bits per heavy atom. The lowest BCUT2D eigenvalue weighted by Gasteiger charge is -2.27. The van der Waals surface area contributed by atoms with E-state index in [0.29, 0.717) is 24.7 Å². The van der Waals surface area contributed by atoms with Crippen molar-refractivity contribution >= 4 is 29.2 Å². The van der Waals surface area contributed by atoms with Gasteiger partial charge >= 0.3 is 11.9 Å². The lowest BCUT2D eigenvalue weighted by Crippen LogP contribution is -2.38. The molecule has 0 atom stereocenters. The Hall–Kier alpha value is -3.47. The van der Waals surface area contributed by atoms with E-state index < -0.39 is 11.9 Å². The molecule has 5 rings (SSSR count). The highest BCUT2D eigenvalue weighted by atomic mass is 32.1. The molecule has 0 unspecified atom stereocenters. The minimum absolute atomic E-state index is 0.0717. The lowest BCUT2D eigenvalue weighted by atomic mass is 10.2. The van der Waals surface area contributed by atoms with E-state index in [1.165, 1.54) is 4.88 Å². The van der Waals surface area contributed by atoms with Gasteiger partial charge in [-0.05, 0) is 24.3 Å². The second-order valence-electron chi connectivity index (χ2n) is 6.91. The largest absolute Gasteiger partial charge is 0.473 e. The molecule has 1 saturated carbocycles. The zero-order chi connectivity index (χ0) is 21.3. The van der Waals surface area contributed by atoms with Crippen molar-refractivity contribution in [2.75, 3.05) is 6.54 Å². The summed E-state index contributed by atoms with van der Waals surface area (Å²) in [6.45, 7) is 1.92. The van der Waals surface area contributed by atoms with Gasteiger partial charge in [-0.3, -0.25) is 4.79 Å². The number of carbonyl (C=O) groups is 3. The molecular formula is C19H18N4O6S. The zero-order valence-electron chi connectivity index (χ0n) is 15.7. The predicted octanol–water partition coefficient (Wildman–Crippen LogP) is 2.29. The lowest BCUT2D eigenvalue weighted by molar-refractivity contribution is -0.159. The number of hydrogen-bond donors (Lipinski definition) is 2. The quantitative estimate of drug-likeness (QED) is 0.604. The van der Waals surface area contributed by atoms with Crippen LogP contribution < -0.4 is 0 Å². The highest BCUT2D eigenvalue weighted by Gasteiger charge is 2.31. The molecule has 156 valence electrons. The molecule has 0 spiro atoms. The third kappa shape index (κ3) is 4.10. The van der Waals surface area contributed by atoms with Gasteiger partial charge in [0.15, 0.2) is 5.69 Å². The number of aliphatic carboxylic acids is 2. The number of fused-ring (bicyclic) bond motifs is 1. The second kappa shape index (κ2) is 8.11. The van der Waals surface area contributed by atoms with Crippen molar-refractivity contribution in [2.45, 2.75) is 31.8 Å². The molecule has 3 aromatic heterocycles. The molecule has 1 fully saturated rings. The molecule has 1 amide bonds. The van der Waals surface area contributed by atoms with Gasteiger partial charge < -0.3 is 24.2 Å². The molecule has 30 heavy (non-hydrogen) atoms. The Balaban J connectivity index is 0.000000322. The van der Waals surface area contributed by atoms with Crippen molar-refractivity contribution in [2.24, 2.45) is 0 Å². The average Bonchev–Trinajstić information content (AvgIpc) is 3.16.